The zero-order valence-corrected chi connectivity index (χ0v) is 12.0. The van der Waals surface area contributed by atoms with Crippen LogP contribution >= 0.6 is 0 Å². The molecule has 0 aliphatic heterocycles. The van der Waals surface area contributed by atoms with Gasteiger partial charge in [-0.2, -0.15) is 0 Å². The van der Waals surface area contributed by atoms with E-state index in [-0.39, 0.29) is 6.61 Å². The molecular weight excluding hydrogens is 272 g/mol. The number of carbonyl (C=O) groups excluding carboxylic acids is 1. The van der Waals surface area contributed by atoms with Crippen LogP contribution in [0.1, 0.15) is 28.6 Å². The average molecular weight is 290 g/mol. The van der Waals surface area contributed by atoms with E-state index in [9.17, 15) is 4.79 Å². The Labute approximate surface area is 122 Å². The highest BCUT2D eigenvalue weighted by Crippen LogP contribution is 2.29. The van der Waals surface area contributed by atoms with Crippen LogP contribution in [0.4, 0.5) is 0 Å². The molecule has 0 fully saturated rings. The Morgan fingerprint density at radius 1 is 1.33 bits per heavy atom. The van der Waals surface area contributed by atoms with Gasteiger partial charge in [-0.25, -0.2) is 5.84 Å². The van der Waals surface area contributed by atoms with E-state index in [0.717, 1.165) is 12.0 Å². The molecule has 0 atom stereocenters. The Balaban J connectivity index is 2.13. The minimum absolute atomic E-state index is 0.109. The lowest BCUT2D eigenvalue weighted by atomic mass is 10.1. The summed E-state index contributed by atoms with van der Waals surface area (Å²) in [6, 6.07) is 7.26. The Bertz CT molecular complexity index is 622. The number of nitrogen functional groups attached to an aromatic ring is 1. The number of rotatable bonds is 6. The third-order valence-corrected chi connectivity index (χ3v) is 3.12. The summed E-state index contributed by atoms with van der Waals surface area (Å²) in [5.41, 5.74) is 3.57. The molecule has 0 spiro atoms. The number of furan rings is 1. The first-order chi connectivity index (χ1) is 10.2. The van der Waals surface area contributed by atoms with Gasteiger partial charge in [0.1, 0.15) is 6.61 Å². The van der Waals surface area contributed by atoms with Crippen molar-refractivity contribution >= 4 is 5.91 Å². The molecule has 0 aliphatic rings. The van der Waals surface area contributed by atoms with Crippen LogP contribution < -0.4 is 20.7 Å². The smallest absolute Gasteiger partial charge is 0.268 e. The highest BCUT2D eigenvalue weighted by atomic mass is 16.5. The van der Waals surface area contributed by atoms with Crippen LogP contribution in [0.15, 0.2) is 34.9 Å². The van der Waals surface area contributed by atoms with Gasteiger partial charge >= 0.3 is 0 Å². The number of hydrogen-bond acceptors (Lipinski definition) is 5. The number of nitrogens with two attached hydrogens (primary N) is 1. The summed E-state index contributed by atoms with van der Waals surface area (Å²) < 4.78 is 16.2. The monoisotopic (exact) mass is 290 g/mol. The van der Waals surface area contributed by atoms with Crippen molar-refractivity contribution < 1.29 is 18.7 Å². The average Bonchev–Trinajstić information content (AvgIpc) is 3.00. The molecule has 1 aromatic carbocycles. The van der Waals surface area contributed by atoms with Crippen LogP contribution in [0.3, 0.4) is 0 Å². The van der Waals surface area contributed by atoms with E-state index >= 15 is 0 Å². The fourth-order valence-electron chi connectivity index (χ4n) is 1.93. The summed E-state index contributed by atoms with van der Waals surface area (Å²) in [5, 5.41) is 0. The van der Waals surface area contributed by atoms with E-state index in [0.29, 0.717) is 22.8 Å². The van der Waals surface area contributed by atoms with Gasteiger partial charge in [0, 0.05) is 0 Å². The second kappa shape index (κ2) is 6.81. The number of hydrogen-bond donors (Lipinski definition) is 2. The van der Waals surface area contributed by atoms with Crippen molar-refractivity contribution in [2.45, 2.75) is 20.0 Å². The maximum atomic E-state index is 11.5. The summed E-state index contributed by atoms with van der Waals surface area (Å²) in [4.78, 5) is 11.5. The number of nitrogens with one attached hydrogen (secondary N) is 1. The quantitative estimate of drug-likeness (QED) is 0.483. The van der Waals surface area contributed by atoms with Crippen molar-refractivity contribution in [1.29, 1.82) is 0 Å². The predicted octanol–water partition coefficient (Wildman–Crippen LogP) is 2.03. The first-order valence-electron chi connectivity index (χ1n) is 6.56. The lowest BCUT2D eigenvalue weighted by Gasteiger charge is -2.11. The molecule has 6 nitrogen and oxygen atoms in total. The maximum absolute atomic E-state index is 11.5. The SMILES string of the molecule is CCc1ccc(OCc2occc2C(=O)NN)c(OC)c1. The molecule has 0 aliphatic carbocycles. The highest BCUT2D eigenvalue weighted by molar-refractivity contribution is 5.94. The molecule has 1 amide bonds. The van der Waals surface area contributed by atoms with E-state index in [1.807, 2.05) is 18.2 Å². The molecule has 112 valence electrons. The lowest BCUT2D eigenvalue weighted by molar-refractivity contribution is 0.0949. The van der Waals surface area contributed by atoms with Gasteiger partial charge < -0.3 is 13.9 Å². The molecule has 2 aromatic rings. The third kappa shape index (κ3) is 3.35. The second-order valence-electron chi connectivity index (χ2n) is 4.36. The Morgan fingerprint density at radius 3 is 2.81 bits per heavy atom. The first-order valence-corrected chi connectivity index (χ1v) is 6.56. The molecule has 0 unspecified atom stereocenters. The van der Waals surface area contributed by atoms with Gasteiger partial charge in [-0.3, -0.25) is 10.2 Å². The molecule has 3 N–H and O–H groups in total. The van der Waals surface area contributed by atoms with E-state index in [4.69, 9.17) is 19.7 Å². The summed E-state index contributed by atoms with van der Waals surface area (Å²) >= 11 is 0. The van der Waals surface area contributed by atoms with E-state index in [2.05, 4.69) is 12.3 Å². The third-order valence-electron chi connectivity index (χ3n) is 3.12. The molecular formula is C15H18N2O4. The molecule has 2 rings (SSSR count). The van der Waals surface area contributed by atoms with Crippen LogP contribution in [0, 0.1) is 0 Å². The van der Waals surface area contributed by atoms with Gasteiger partial charge in [0.25, 0.3) is 5.91 Å². The zero-order valence-electron chi connectivity index (χ0n) is 12.0. The number of ether oxygens (including phenoxy) is 2. The summed E-state index contributed by atoms with van der Waals surface area (Å²) in [5.74, 6) is 6.33. The topological polar surface area (TPSA) is 86.7 Å². The van der Waals surface area contributed by atoms with Crippen LogP contribution in [-0.2, 0) is 13.0 Å². The number of amides is 1. The van der Waals surface area contributed by atoms with Crippen molar-refractivity contribution in [1.82, 2.24) is 5.43 Å². The predicted molar refractivity (Wildman–Crippen MR) is 77.1 cm³/mol. The molecule has 1 aromatic heterocycles. The number of benzene rings is 1. The van der Waals surface area contributed by atoms with Crippen molar-refractivity contribution in [2.75, 3.05) is 7.11 Å². The largest absolute Gasteiger partial charge is 0.493 e. The highest BCUT2D eigenvalue weighted by Gasteiger charge is 2.15. The fraction of sp³-hybridized carbons (Fsp3) is 0.267. The van der Waals surface area contributed by atoms with Gasteiger partial charge in [-0.1, -0.05) is 13.0 Å². The summed E-state index contributed by atoms with van der Waals surface area (Å²) in [6.45, 7) is 2.17. The minimum atomic E-state index is -0.421. The van der Waals surface area contributed by atoms with Gasteiger partial charge in [0.2, 0.25) is 0 Å². The van der Waals surface area contributed by atoms with Crippen LogP contribution in [0.5, 0.6) is 11.5 Å². The molecule has 0 saturated carbocycles. The van der Waals surface area contributed by atoms with E-state index in [1.54, 1.807) is 7.11 Å². The number of hydrazine groups is 1. The van der Waals surface area contributed by atoms with Crippen LogP contribution in [0.25, 0.3) is 0 Å². The van der Waals surface area contributed by atoms with Crippen molar-refractivity contribution in [3.63, 3.8) is 0 Å². The second-order valence-corrected chi connectivity index (χ2v) is 4.36. The number of carbonyl (C=O) groups is 1. The Kier molecular flexibility index (Phi) is 4.84. The van der Waals surface area contributed by atoms with Crippen molar-refractivity contribution in [2.24, 2.45) is 5.84 Å². The van der Waals surface area contributed by atoms with Crippen LogP contribution in [-0.4, -0.2) is 13.0 Å². The summed E-state index contributed by atoms with van der Waals surface area (Å²) in [7, 11) is 1.59. The normalized spacial score (nSPS) is 10.2. The molecule has 0 radical (unpaired) electrons. The standard InChI is InChI=1S/C15H18N2O4/c1-3-10-4-5-12(13(8-10)19-2)21-9-14-11(6-7-20-14)15(18)17-16/h4-8H,3,9,16H2,1-2H3,(H,17,18). The van der Waals surface area contributed by atoms with Gasteiger partial charge in [0.15, 0.2) is 17.3 Å². The Hall–Kier alpha value is -2.47. The van der Waals surface area contributed by atoms with E-state index in [1.165, 1.54) is 12.3 Å². The molecule has 1 heterocycles. The van der Waals surface area contributed by atoms with Gasteiger partial charge in [-0.15, -0.1) is 0 Å². The molecule has 6 heteroatoms. The lowest BCUT2D eigenvalue weighted by Crippen LogP contribution is -2.30. The van der Waals surface area contributed by atoms with Crippen molar-refractivity contribution in [3.8, 4) is 11.5 Å². The van der Waals surface area contributed by atoms with Crippen molar-refractivity contribution in [3.05, 3.63) is 47.4 Å². The van der Waals surface area contributed by atoms with Gasteiger partial charge in [0.05, 0.1) is 18.9 Å². The fourth-order valence-corrected chi connectivity index (χ4v) is 1.93. The summed E-state index contributed by atoms with van der Waals surface area (Å²) in [6.07, 6.45) is 2.33. The van der Waals surface area contributed by atoms with Gasteiger partial charge in [-0.05, 0) is 30.2 Å². The molecule has 0 saturated heterocycles. The zero-order chi connectivity index (χ0) is 15.2. The molecule has 0 bridgehead atoms. The first kappa shape index (κ1) is 14.9. The molecule has 21 heavy (non-hydrogen) atoms. The Morgan fingerprint density at radius 2 is 2.14 bits per heavy atom. The van der Waals surface area contributed by atoms with Crippen LogP contribution in [0.2, 0.25) is 0 Å². The van der Waals surface area contributed by atoms with E-state index < -0.39 is 5.91 Å². The number of aryl methyl sites for hydroxylation is 1. The maximum Gasteiger partial charge on any atom is 0.268 e. The number of methoxy groups -OCH3 is 1. The minimum Gasteiger partial charge on any atom is -0.493 e.